The first-order valence-electron chi connectivity index (χ1n) is 4.79. The van der Waals surface area contributed by atoms with Gasteiger partial charge in [0.25, 0.3) is 0 Å². The number of nitrogens with zero attached hydrogens (tertiary/aromatic N) is 3. The smallest absolute Gasteiger partial charge is 0.0994 e. The van der Waals surface area contributed by atoms with Crippen LogP contribution in [0.5, 0.6) is 0 Å². The van der Waals surface area contributed by atoms with Gasteiger partial charge in [-0.25, -0.2) is 4.52 Å². The summed E-state index contributed by atoms with van der Waals surface area (Å²) >= 11 is 0. The zero-order valence-electron chi connectivity index (χ0n) is 8.31. The van der Waals surface area contributed by atoms with Crippen LogP contribution in [0.4, 0.5) is 0 Å². The molecule has 0 saturated heterocycles. The maximum atomic E-state index is 4.51. The van der Waals surface area contributed by atoms with E-state index in [1.165, 1.54) is 5.56 Å². The second kappa shape index (κ2) is 2.95. The number of aryl methyl sites for hydroxylation is 1. The topological polar surface area (TPSA) is 46.0 Å². The fourth-order valence-corrected chi connectivity index (χ4v) is 1.78. The van der Waals surface area contributed by atoms with Crippen LogP contribution in [-0.2, 0) is 0 Å². The van der Waals surface area contributed by atoms with Crippen molar-refractivity contribution in [1.29, 1.82) is 0 Å². The van der Waals surface area contributed by atoms with Crippen molar-refractivity contribution >= 4 is 5.52 Å². The maximum Gasteiger partial charge on any atom is 0.0994 e. The minimum atomic E-state index is 0.981. The molecule has 0 amide bonds. The molecule has 0 spiro atoms. The minimum absolute atomic E-state index is 0.981. The van der Waals surface area contributed by atoms with E-state index in [2.05, 4.69) is 28.3 Å². The number of H-pyrrole nitrogens is 1. The van der Waals surface area contributed by atoms with Crippen molar-refractivity contribution in [1.82, 2.24) is 19.8 Å². The summed E-state index contributed by atoms with van der Waals surface area (Å²) in [4.78, 5) is 0. The fraction of sp³-hybridized carbons (Fsp3) is 0.0909. The van der Waals surface area contributed by atoms with E-state index in [0.29, 0.717) is 0 Å². The molecule has 3 heterocycles. The van der Waals surface area contributed by atoms with Gasteiger partial charge in [0.1, 0.15) is 0 Å². The van der Waals surface area contributed by atoms with E-state index >= 15 is 0 Å². The van der Waals surface area contributed by atoms with Crippen LogP contribution in [0.15, 0.2) is 36.8 Å². The van der Waals surface area contributed by atoms with Gasteiger partial charge in [0.15, 0.2) is 0 Å². The number of nitrogens with one attached hydrogen (secondary N) is 1. The molecule has 1 N–H and O–H groups in total. The van der Waals surface area contributed by atoms with Crippen LogP contribution in [0.1, 0.15) is 5.56 Å². The minimum Gasteiger partial charge on any atom is -0.285 e. The molecule has 0 aliphatic heterocycles. The summed E-state index contributed by atoms with van der Waals surface area (Å²) in [6, 6.07) is 6.05. The van der Waals surface area contributed by atoms with Crippen molar-refractivity contribution in [2.24, 2.45) is 0 Å². The van der Waals surface area contributed by atoms with E-state index in [1.807, 2.05) is 29.0 Å². The molecule has 74 valence electrons. The van der Waals surface area contributed by atoms with Crippen LogP contribution in [0.25, 0.3) is 16.8 Å². The Labute approximate surface area is 86.6 Å². The van der Waals surface area contributed by atoms with Gasteiger partial charge in [-0.2, -0.15) is 10.2 Å². The Morgan fingerprint density at radius 2 is 2.27 bits per heavy atom. The first kappa shape index (κ1) is 8.23. The molecule has 3 rings (SSSR count). The summed E-state index contributed by atoms with van der Waals surface area (Å²) < 4.78 is 1.89. The molecule has 0 saturated carbocycles. The molecule has 3 aromatic heterocycles. The van der Waals surface area contributed by atoms with Gasteiger partial charge in [-0.05, 0) is 19.1 Å². The molecule has 3 aromatic rings. The number of hydrogen-bond acceptors (Lipinski definition) is 2. The van der Waals surface area contributed by atoms with E-state index in [0.717, 1.165) is 16.8 Å². The highest BCUT2D eigenvalue weighted by Gasteiger charge is 2.10. The third kappa shape index (κ3) is 1.15. The molecule has 0 bridgehead atoms. The first-order valence-corrected chi connectivity index (χ1v) is 4.79. The normalized spacial score (nSPS) is 11.0. The lowest BCUT2D eigenvalue weighted by molar-refractivity contribution is 0.966. The van der Waals surface area contributed by atoms with Gasteiger partial charge in [-0.3, -0.25) is 5.10 Å². The quantitative estimate of drug-likeness (QED) is 0.650. The van der Waals surface area contributed by atoms with Gasteiger partial charge in [-0.1, -0.05) is 6.07 Å². The van der Waals surface area contributed by atoms with Crippen LogP contribution in [0, 0.1) is 6.92 Å². The Morgan fingerprint density at radius 1 is 1.33 bits per heavy atom. The van der Waals surface area contributed by atoms with Crippen LogP contribution in [0.3, 0.4) is 0 Å². The zero-order chi connectivity index (χ0) is 10.3. The monoisotopic (exact) mass is 198 g/mol. The fourth-order valence-electron chi connectivity index (χ4n) is 1.78. The van der Waals surface area contributed by atoms with Gasteiger partial charge in [0.2, 0.25) is 0 Å². The number of rotatable bonds is 1. The molecule has 0 aromatic carbocycles. The molecular formula is C11H10N4. The summed E-state index contributed by atoms with van der Waals surface area (Å²) in [6.45, 7) is 2.07. The Morgan fingerprint density at radius 3 is 3.00 bits per heavy atom. The largest absolute Gasteiger partial charge is 0.285 e. The number of aromatic nitrogens is 4. The van der Waals surface area contributed by atoms with Gasteiger partial charge in [0, 0.05) is 23.5 Å². The van der Waals surface area contributed by atoms with Crippen molar-refractivity contribution < 1.29 is 0 Å². The van der Waals surface area contributed by atoms with E-state index in [4.69, 9.17) is 0 Å². The van der Waals surface area contributed by atoms with Crippen LogP contribution >= 0.6 is 0 Å². The Hall–Kier alpha value is -2.10. The van der Waals surface area contributed by atoms with Crippen molar-refractivity contribution in [2.45, 2.75) is 6.92 Å². The summed E-state index contributed by atoms with van der Waals surface area (Å²) in [5, 5.41) is 11.2. The summed E-state index contributed by atoms with van der Waals surface area (Å²) in [6.07, 6.45) is 5.59. The van der Waals surface area contributed by atoms with Crippen molar-refractivity contribution in [3.05, 3.63) is 42.4 Å². The highest BCUT2D eigenvalue weighted by atomic mass is 15.2. The standard InChI is InChI=1S/C11H10N4/c1-8-10-4-2-3-5-15(10)14-11(8)9-6-12-13-7-9/h2-7H,1H3,(H,12,13). The average molecular weight is 198 g/mol. The summed E-state index contributed by atoms with van der Waals surface area (Å²) in [7, 11) is 0. The average Bonchev–Trinajstić information content (AvgIpc) is 2.87. The van der Waals surface area contributed by atoms with Gasteiger partial charge < -0.3 is 0 Å². The van der Waals surface area contributed by atoms with E-state index in [1.54, 1.807) is 6.20 Å². The molecule has 4 heteroatoms. The molecule has 0 unspecified atom stereocenters. The van der Waals surface area contributed by atoms with E-state index in [-0.39, 0.29) is 0 Å². The SMILES string of the molecule is Cc1c(-c2cn[nH]c2)nn2ccccc12. The predicted octanol–water partition coefficient (Wildman–Crippen LogP) is 2.03. The third-order valence-electron chi connectivity index (χ3n) is 2.56. The molecule has 0 aliphatic rings. The Balaban J connectivity index is 2.33. The second-order valence-corrected chi connectivity index (χ2v) is 3.49. The highest BCUT2D eigenvalue weighted by Crippen LogP contribution is 2.23. The van der Waals surface area contributed by atoms with E-state index in [9.17, 15) is 0 Å². The molecule has 0 atom stereocenters. The summed E-state index contributed by atoms with van der Waals surface area (Å²) in [5.74, 6) is 0. The number of aromatic amines is 1. The van der Waals surface area contributed by atoms with E-state index < -0.39 is 0 Å². The van der Waals surface area contributed by atoms with Crippen molar-refractivity contribution in [3.63, 3.8) is 0 Å². The second-order valence-electron chi connectivity index (χ2n) is 3.49. The van der Waals surface area contributed by atoms with Gasteiger partial charge in [-0.15, -0.1) is 0 Å². The summed E-state index contributed by atoms with van der Waals surface area (Å²) in [5.41, 5.74) is 4.32. The number of pyridine rings is 1. The van der Waals surface area contributed by atoms with Crippen LogP contribution in [0.2, 0.25) is 0 Å². The molecule has 0 radical (unpaired) electrons. The molecule has 4 nitrogen and oxygen atoms in total. The maximum absolute atomic E-state index is 4.51. The first-order chi connectivity index (χ1) is 7.36. The van der Waals surface area contributed by atoms with Crippen LogP contribution in [-0.4, -0.2) is 19.8 Å². The Kier molecular flexibility index (Phi) is 1.62. The highest BCUT2D eigenvalue weighted by molar-refractivity contribution is 5.71. The third-order valence-corrected chi connectivity index (χ3v) is 2.56. The van der Waals surface area contributed by atoms with Crippen molar-refractivity contribution in [3.8, 4) is 11.3 Å². The number of hydrogen-bond donors (Lipinski definition) is 1. The lowest BCUT2D eigenvalue weighted by Crippen LogP contribution is -1.83. The zero-order valence-corrected chi connectivity index (χ0v) is 8.31. The molecule has 0 aliphatic carbocycles. The molecular weight excluding hydrogens is 188 g/mol. The van der Waals surface area contributed by atoms with Gasteiger partial charge >= 0.3 is 0 Å². The van der Waals surface area contributed by atoms with Crippen molar-refractivity contribution in [2.75, 3.05) is 0 Å². The lowest BCUT2D eigenvalue weighted by atomic mass is 10.1. The predicted molar refractivity (Wildman–Crippen MR) is 57.5 cm³/mol. The Bertz CT molecular complexity index is 592. The van der Waals surface area contributed by atoms with Crippen LogP contribution < -0.4 is 0 Å². The van der Waals surface area contributed by atoms with Gasteiger partial charge in [0.05, 0.1) is 17.4 Å². The molecule has 15 heavy (non-hydrogen) atoms. The molecule has 0 fully saturated rings. The lowest BCUT2D eigenvalue weighted by Gasteiger charge is -1.90. The number of fused-ring (bicyclic) bond motifs is 1.